The van der Waals surface area contributed by atoms with Crippen molar-refractivity contribution in [1.29, 1.82) is 0 Å². The second-order valence-electron chi connectivity index (χ2n) is 13.9. The molecule has 3 aliphatic rings. The Balaban J connectivity index is 1.33. The summed E-state index contributed by atoms with van der Waals surface area (Å²) in [6, 6.07) is 46.4. The molecule has 46 heavy (non-hydrogen) atoms. The molecule has 9 rings (SSSR count). The van der Waals surface area contributed by atoms with E-state index in [1.54, 1.807) is 0 Å². The maximum Gasteiger partial charge on any atom is 0.152 e. The molecule has 1 aliphatic carbocycles. The van der Waals surface area contributed by atoms with Crippen LogP contribution in [-0.4, -0.2) is 0 Å². The summed E-state index contributed by atoms with van der Waals surface area (Å²) in [6.45, 7) is 11.6. The van der Waals surface area contributed by atoms with Crippen LogP contribution in [0.1, 0.15) is 55.5 Å². The van der Waals surface area contributed by atoms with Gasteiger partial charge < -0.3 is 14.5 Å². The zero-order chi connectivity index (χ0) is 31.4. The number of anilines is 6. The molecule has 224 valence electrons. The number of para-hydroxylation sites is 3. The molecular formula is C43H36N2O. The SMILES string of the molecule is Cc1cccc2c1N1c3ccccc3C(C)(C)c3c(N(c4ccccc4)c4ccc5c(c4)C(C)(C)c4ccccc4-5)ccc(c31)O2. The van der Waals surface area contributed by atoms with Crippen LogP contribution in [0.2, 0.25) is 0 Å². The first-order valence-corrected chi connectivity index (χ1v) is 16.2. The lowest BCUT2D eigenvalue weighted by Crippen LogP contribution is -2.34. The van der Waals surface area contributed by atoms with Crippen LogP contribution in [-0.2, 0) is 10.8 Å². The Kier molecular flexibility index (Phi) is 5.51. The Morgan fingerprint density at radius 1 is 0.543 bits per heavy atom. The summed E-state index contributed by atoms with van der Waals surface area (Å²) in [5, 5.41) is 0. The van der Waals surface area contributed by atoms with Crippen molar-refractivity contribution in [3.05, 3.63) is 155 Å². The van der Waals surface area contributed by atoms with Crippen LogP contribution in [0.25, 0.3) is 11.1 Å². The highest BCUT2D eigenvalue weighted by molar-refractivity contribution is 5.98. The summed E-state index contributed by atoms with van der Waals surface area (Å²) < 4.78 is 6.72. The van der Waals surface area contributed by atoms with E-state index >= 15 is 0 Å². The van der Waals surface area contributed by atoms with Gasteiger partial charge in [0.05, 0.1) is 22.7 Å². The van der Waals surface area contributed by atoms with E-state index in [1.165, 1.54) is 44.6 Å². The van der Waals surface area contributed by atoms with Gasteiger partial charge in [0.2, 0.25) is 0 Å². The number of nitrogens with zero attached hydrogens (tertiary/aromatic N) is 2. The van der Waals surface area contributed by atoms with Crippen LogP contribution in [0.5, 0.6) is 11.5 Å². The number of aryl methyl sites for hydroxylation is 1. The molecule has 0 saturated heterocycles. The van der Waals surface area contributed by atoms with Gasteiger partial charge in [0, 0.05) is 27.8 Å². The second-order valence-corrected chi connectivity index (χ2v) is 13.9. The molecule has 0 N–H and O–H groups in total. The Bertz CT molecular complexity index is 2210. The number of hydrogen-bond donors (Lipinski definition) is 0. The maximum absolute atomic E-state index is 6.72. The molecule has 0 amide bonds. The summed E-state index contributed by atoms with van der Waals surface area (Å²) in [5.41, 5.74) is 15.6. The lowest BCUT2D eigenvalue weighted by atomic mass is 9.72. The summed E-state index contributed by atoms with van der Waals surface area (Å²) in [5.74, 6) is 1.78. The van der Waals surface area contributed by atoms with Gasteiger partial charge in [0.1, 0.15) is 0 Å². The highest BCUT2D eigenvalue weighted by Gasteiger charge is 2.45. The van der Waals surface area contributed by atoms with E-state index in [0.29, 0.717) is 0 Å². The van der Waals surface area contributed by atoms with Crippen molar-refractivity contribution in [3.63, 3.8) is 0 Å². The van der Waals surface area contributed by atoms with Crippen LogP contribution in [0.4, 0.5) is 34.1 Å². The van der Waals surface area contributed by atoms with E-state index in [-0.39, 0.29) is 10.8 Å². The quantitative estimate of drug-likeness (QED) is 0.202. The van der Waals surface area contributed by atoms with Crippen LogP contribution >= 0.6 is 0 Å². The first-order chi connectivity index (χ1) is 22.3. The lowest BCUT2D eigenvalue weighted by molar-refractivity contribution is 0.471. The number of fused-ring (bicyclic) bond motifs is 7. The van der Waals surface area contributed by atoms with E-state index < -0.39 is 0 Å². The van der Waals surface area contributed by atoms with Crippen molar-refractivity contribution >= 4 is 34.1 Å². The number of rotatable bonds is 3. The van der Waals surface area contributed by atoms with Gasteiger partial charge in [0.15, 0.2) is 11.5 Å². The monoisotopic (exact) mass is 596 g/mol. The molecule has 0 fully saturated rings. The summed E-state index contributed by atoms with van der Waals surface area (Å²) in [4.78, 5) is 4.91. The van der Waals surface area contributed by atoms with Crippen molar-refractivity contribution in [2.75, 3.05) is 9.80 Å². The molecule has 0 aromatic heterocycles. The minimum absolute atomic E-state index is 0.0987. The predicted molar refractivity (Wildman–Crippen MR) is 190 cm³/mol. The molecule has 0 bridgehead atoms. The van der Waals surface area contributed by atoms with Gasteiger partial charge in [-0.05, 0) is 88.8 Å². The Hall–Kier alpha value is -5.28. The van der Waals surface area contributed by atoms with Crippen molar-refractivity contribution < 1.29 is 4.74 Å². The minimum Gasteiger partial charge on any atom is -0.453 e. The number of hydrogen-bond acceptors (Lipinski definition) is 3. The highest BCUT2D eigenvalue weighted by Crippen LogP contribution is 2.63. The van der Waals surface area contributed by atoms with Crippen molar-refractivity contribution in [3.8, 4) is 22.6 Å². The first kappa shape index (κ1) is 27.1. The van der Waals surface area contributed by atoms with Crippen molar-refractivity contribution in [2.45, 2.75) is 45.4 Å². The third-order valence-corrected chi connectivity index (χ3v) is 10.5. The third-order valence-electron chi connectivity index (χ3n) is 10.5. The molecular weight excluding hydrogens is 560 g/mol. The fraction of sp³-hybridized carbons (Fsp3) is 0.163. The maximum atomic E-state index is 6.72. The fourth-order valence-electron chi connectivity index (χ4n) is 8.31. The smallest absolute Gasteiger partial charge is 0.152 e. The summed E-state index contributed by atoms with van der Waals surface area (Å²) in [7, 11) is 0. The first-order valence-electron chi connectivity index (χ1n) is 16.2. The minimum atomic E-state index is -0.309. The zero-order valence-electron chi connectivity index (χ0n) is 26.9. The average molecular weight is 597 g/mol. The molecule has 0 spiro atoms. The van der Waals surface area contributed by atoms with Crippen LogP contribution in [0.3, 0.4) is 0 Å². The molecule has 6 aromatic rings. The van der Waals surface area contributed by atoms with Gasteiger partial charge in [-0.15, -0.1) is 0 Å². The van der Waals surface area contributed by atoms with E-state index in [1.807, 2.05) is 0 Å². The second kappa shape index (κ2) is 9.37. The van der Waals surface area contributed by atoms with Crippen molar-refractivity contribution in [2.24, 2.45) is 0 Å². The molecule has 6 aromatic carbocycles. The van der Waals surface area contributed by atoms with E-state index in [2.05, 4.69) is 172 Å². The van der Waals surface area contributed by atoms with Gasteiger partial charge in [0.25, 0.3) is 0 Å². The Morgan fingerprint density at radius 2 is 1.24 bits per heavy atom. The molecule has 3 heteroatoms. The molecule has 2 heterocycles. The van der Waals surface area contributed by atoms with Gasteiger partial charge >= 0.3 is 0 Å². The van der Waals surface area contributed by atoms with Crippen LogP contribution in [0, 0.1) is 6.92 Å². The summed E-state index contributed by atoms with van der Waals surface area (Å²) >= 11 is 0. The normalized spacial score (nSPS) is 15.5. The Morgan fingerprint density at radius 3 is 2.07 bits per heavy atom. The van der Waals surface area contributed by atoms with Crippen molar-refractivity contribution in [1.82, 2.24) is 0 Å². The largest absolute Gasteiger partial charge is 0.453 e. The van der Waals surface area contributed by atoms with Gasteiger partial charge in [-0.25, -0.2) is 0 Å². The topological polar surface area (TPSA) is 15.7 Å². The molecule has 2 aliphatic heterocycles. The lowest BCUT2D eigenvalue weighted by Gasteiger charge is -2.47. The van der Waals surface area contributed by atoms with Crippen LogP contribution in [0.15, 0.2) is 127 Å². The zero-order valence-corrected chi connectivity index (χ0v) is 26.9. The predicted octanol–water partition coefficient (Wildman–Crippen LogP) is 12.0. The Labute approximate surface area is 271 Å². The standard InChI is InChI=1S/C43H36N2O/c1-27-14-13-21-37-40(27)45-35-20-12-11-19-33(35)43(4,5)39-36(24-25-38(46-37)41(39)45)44(28-15-7-6-8-16-28)29-22-23-31-30-17-9-10-18-32(30)42(2,3)34(31)26-29/h6-26H,1-5H3. The summed E-state index contributed by atoms with van der Waals surface area (Å²) in [6.07, 6.45) is 0. The molecule has 0 saturated carbocycles. The van der Waals surface area contributed by atoms with Gasteiger partial charge in [-0.1, -0.05) is 107 Å². The average Bonchev–Trinajstić information content (AvgIpc) is 3.30. The molecule has 0 radical (unpaired) electrons. The molecule has 0 atom stereocenters. The number of ether oxygens (including phenoxy) is 1. The fourth-order valence-corrected chi connectivity index (χ4v) is 8.31. The number of benzene rings is 6. The van der Waals surface area contributed by atoms with Gasteiger partial charge in [-0.3, -0.25) is 0 Å². The molecule has 3 nitrogen and oxygen atoms in total. The third kappa shape index (κ3) is 3.54. The van der Waals surface area contributed by atoms with E-state index in [9.17, 15) is 0 Å². The van der Waals surface area contributed by atoms with Crippen LogP contribution < -0.4 is 14.5 Å². The highest BCUT2D eigenvalue weighted by atomic mass is 16.5. The van der Waals surface area contributed by atoms with E-state index in [0.717, 1.165) is 39.9 Å². The molecule has 0 unspecified atom stereocenters. The van der Waals surface area contributed by atoms with E-state index in [4.69, 9.17) is 4.74 Å². The van der Waals surface area contributed by atoms with Gasteiger partial charge in [-0.2, -0.15) is 0 Å².